The third-order valence-electron chi connectivity index (χ3n) is 2.61. The summed E-state index contributed by atoms with van der Waals surface area (Å²) in [5.41, 5.74) is 0.912. The highest BCUT2D eigenvalue weighted by Crippen LogP contribution is 2.30. The lowest BCUT2D eigenvalue weighted by Gasteiger charge is -1.96. The molecule has 20 heavy (non-hydrogen) atoms. The lowest BCUT2D eigenvalue weighted by molar-refractivity contribution is 0.103. The van der Waals surface area contributed by atoms with Crippen molar-refractivity contribution in [3.05, 3.63) is 39.0 Å². The van der Waals surface area contributed by atoms with Crippen LogP contribution in [0.15, 0.2) is 39.0 Å². The second-order valence-electron chi connectivity index (χ2n) is 3.91. The molecule has 3 nitrogen and oxygen atoms in total. The van der Waals surface area contributed by atoms with Crippen LogP contribution >= 0.6 is 50.4 Å². The van der Waals surface area contributed by atoms with E-state index in [1.54, 1.807) is 17.8 Å². The van der Waals surface area contributed by atoms with Gasteiger partial charge in [-0.1, -0.05) is 11.3 Å². The molecule has 0 bridgehead atoms. The summed E-state index contributed by atoms with van der Waals surface area (Å²) in [7, 11) is 0. The highest BCUT2D eigenvalue weighted by atomic mass is 79.9. The number of rotatable bonds is 3. The number of thiazole rings is 1. The third kappa shape index (κ3) is 2.90. The molecule has 0 radical (unpaired) electrons. The Labute approximate surface area is 136 Å². The van der Waals surface area contributed by atoms with Gasteiger partial charge in [0.2, 0.25) is 0 Å². The maximum Gasteiger partial charge on any atom is 0.267 e. The van der Waals surface area contributed by atoms with E-state index in [0.717, 1.165) is 14.0 Å². The molecule has 1 amide bonds. The van der Waals surface area contributed by atoms with Gasteiger partial charge in [-0.3, -0.25) is 10.1 Å². The zero-order valence-electron chi connectivity index (χ0n) is 10.3. The van der Waals surface area contributed by atoms with Crippen LogP contribution in [-0.2, 0) is 0 Å². The van der Waals surface area contributed by atoms with Crippen LogP contribution in [-0.4, -0.2) is 17.1 Å². The van der Waals surface area contributed by atoms with E-state index in [2.05, 4.69) is 32.3 Å². The summed E-state index contributed by atoms with van der Waals surface area (Å²) in [4.78, 5) is 18.4. The minimum absolute atomic E-state index is 0.121. The van der Waals surface area contributed by atoms with Gasteiger partial charge in [-0.2, -0.15) is 0 Å². The molecule has 0 saturated heterocycles. The molecular weight excluding hydrogens is 376 g/mol. The van der Waals surface area contributed by atoms with Gasteiger partial charge in [-0.25, -0.2) is 4.98 Å². The van der Waals surface area contributed by atoms with E-state index in [0.29, 0.717) is 10.0 Å². The van der Waals surface area contributed by atoms with Crippen molar-refractivity contribution in [2.24, 2.45) is 0 Å². The minimum Gasteiger partial charge on any atom is -0.297 e. The van der Waals surface area contributed by atoms with E-state index in [4.69, 9.17) is 0 Å². The molecule has 0 fully saturated rings. The Morgan fingerprint density at radius 2 is 2.15 bits per heavy atom. The first-order valence-electron chi connectivity index (χ1n) is 5.67. The highest BCUT2D eigenvalue weighted by Gasteiger charge is 2.12. The van der Waals surface area contributed by atoms with Crippen LogP contribution in [0.1, 0.15) is 9.67 Å². The molecule has 0 spiro atoms. The number of anilines is 1. The average Bonchev–Trinajstić information content (AvgIpc) is 3.03. The first-order chi connectivity index (χ1) is 9.65. The smallest absolute Gasteiger partial charge is 0.267 e. The molecule has 0 atom stereocenters. The Bertz CT molecular complexity index is 781. The molecule has 3 rings (SSSR count). The number of fused-ring (bicyclic) bond motifs is 1. The molecule has 1 aromatic carbocycles. The topological polar surface area (TPSA) is 42.0 Å². The normalized spacial score (nSPS) is 10.9. The molecule has 0 aliphatic rings. The van der Waals surface area contributed by atoms with E-state index in [1.165, 1.54) is 27.6 Å². The number of carbonyl (C=O) groups is 1. The number of benzene rings is 1. The Morgan fingerprint density at radius 1 is 1.30 bits per heavy atom. The van der Waals surface area contributed by atoms with Crippen LogP contribution in [0.2, 0.25) is 0 Å². The van der Waals surface area contributed by atoms with Gasteiger partial charge in [-0.15, -0.1) is 23.1 Å². The fourth-order valence-corrected chi connectivity index (χ4v) is 4.38. The first-order valence-corrected chi connectivity index (χ1v) is 9.32. The molecule has 1 N–H and O–H groups in total. The zero-order chi connectivity index (χ0) is 14.1. The quantitative estimate of drug-likeness (QED) is 0.639. The van der Waals surface area contributed by atoms with Gasteiger partial charge in [0.05, 0.1) is 18.9 Å². The zero-order valence-corrected chi connectivity index (χ0v) is 14.4. The predicted octanol–water partition coefficient (Wildman–Crippen LogP) is 5.09. The van der Waals surface area contributed by atoms with Crippen molar-refractivity contribution in [2.45, 2.75) is 4.90 Å². The number of hydrogen-bond acceptors (Lipinski definition) is 5. The number of amides is 1. The molecule has 0 unspecified atom stereocenters. The number of aromatic nitrogens is 1. The molecule has 2 aromatic heterocycles. The van der Waals surface area contributed by atoms with Crippen LogP contribution in [0.3, 0.4) is 0 Å². The lowest BCUT2D eigenvalue weighted by Crippen LogP contribution is -2.09. The number of nitrogens with zero attached hydrogens (tertiary/aromatic N) is 1. The molecular formula is C13H9BrN2OS3. The summed E-state index contributed by atoms with van der Waals surface area (Å²) in [5, 5.41) is 3.48. The van der Waals surface area contributed by atoms with Gasteiger partial charge >= 0.3 is 0 Å². The highest BCUT2D eigenvalue weighted by molar-refractivity contribution is 9.11. The molecule has 2 heterocycles. The van der Waals surface area contributed by atoms with Gasteiger partial charge in [0.15, 0.2) is 5.13 Å². The van der Waals surface area contributed by atoms with Crippen LogP contribution in [0.5, 0.6) is 0 Å². The Morgan fingerprint density at radius 3 is 2.85 bits per heavy atom. The standard InChI is InChI=1S/C13H9BrN2OS3/c1-18-7-2-3-8-10(6-7)20-13(15-8)16-12(17)9-4-5-11(14)19-9/h2-6H,1H3,(H,15,16,17). The summed E-state index contributed by atoms with van der Waals surface area (Å²) in [5.74, 6) is -0.121. The van der Waals surface area contributed by atoms with Crippen molar-refractivity contribution >= 4 is 71.6 Å². The van der Waals surface area contributed by atoms with E-state index in [-0.39, 0.29) is 5.91 Å². The van der Waals surface area contributed by atoms with Crippen molar-refractivity contribution in [3.63, 3.8) is 0 Å². The van der Waals surface area contributed by atoms with Crippen LogP contribution in [0.25, 0.3) is 10.2 Å². The van der Waals surface area contributed by atoms with Crippen molar-refractivity contribution in [2.75, 3.05) is 11.6 Å². The maximum absolute atomic E-state index is 12.1. The summed E-state index contributed by atoms with van der Waals surface area (Å²) in [6.45, 7) is 0. The second-order valence-corrected chi connectivity index (χ2v) is 8.28. The monoisotopic (exact) mass is 384 g/mol. The largest absolute Gasteiger partial charge is 0.297 e. The van der Waals surface area contributed by atoms with E-state index in [9.17, 15) is 4.79 Å². The molecule has 7 heteroatoms. The second kappa shape index (κ2) is 5.85. The van der Waals surface area contributed by atoms with Crippen LogP contribution in [0, 0.1) is 0 Å². The SMILES string of the molecule is CSc1ccc2nc(NC(=O)c3ccc(Br)s3)sc2c1. The lowest BCUT2D eigenvalue weighted by atomic mass is 10.3. The molecule has 102 valence electrons. The fourth-order valence-electron chi connectivity index (χ4n) is 1.68. The summed E-state index contributed by atoms with van der Waals surface area (Å²) in [6.07, 6.45) is 2.04. The molecule has 3 aromatic rings. The number of halogens is 1. The van der Waals surface area contributed by atoms with Crippen molar-refractivity contribution in [3.8, 4) is 0 Å². The Hall–Kier alpha value is -0.890. The number of carbonyl (C=O) groups excluding carboxylic acids is 1. The maximum atomic E-state index is 12.1. The number of nitrogens with one attached hydrogen (secondary N) is 1. The van der Waals surface area contributed by atoms with Crippen LogP contribution in [0.4, 0.5) is 5.13 Å². The first kappa shape index (κ1) is 14.1. The van der Waals surface area contributed by atoms with Gasteiger partial charge in [0.25, 0.3) is 5.91 Å². The fraction of sp³-hybridized carbons (Fsp3) is 0.0769. The molecule has 0 aliphatic heterocycles. The van der Waals surface area contributed by atoms with Gasteiger partial charge in [0, 0.05) is 4.90 Å². The summed E-state index contributed by atoms with van der Waals surface area (Å²) < 4.78 is 2.02. The van der Waals surface area contributed by atoms with Crippen molar-refractivity contribution in [1.82, 2.24) is 4.98 Å². The van der Waals surface area contributed by atoms with Crippen molar-refractivity contribution in [1.29, 1.82) is 0 Å². The molecule has 0 aliphatic carbocycles. The summed E-state index contributed by atoms with van der Waals surface area (Å²) >= 11 is 7.95. The summed E-state index contributed by atoms with van der Waals surface area (Å²) in [6, 6.07) is 9.77. The van der Waals surface area contributed by atoms with Gasteiger partial charge in [-0.05, 0) is 52.5 Å². The minimum atomic E-state index is -0.121. The molecule has 0 saturated carbocycles. The third-order valence-corrected chi connectivity index (χ3v) is 5.89. The number of hydrogen-bond donors (Lipinski definition) is 1. The Kier molecular flexibility index (Phi) is 4.11. The van der Waals surface area contributed by atoms with Crippen molar-refractivity contribution < 1.29 is 4.79 Å². The van der Waals surface area contributed by atoms with Crippen LogP contribution < -0.4 is 5.32 Å². The van der Waals surface area contributed by atoms with Gasteiger partial charge < -0.3 is 0 Å². The number of thiophene rings is 1. The van der Waals surface area contributed by atoms with E-state index >= 15 is 0 Å². The average molecular weight is 385 g/mol. The van der Waals surface area contributed by atoms with E-state index in [1.807, 2.05) is 24.5 Å². The predicted molar refractivity (Wildman–Crippen MR) is 91.4 cm³/mol. The Balaban J connectivity index is 1.85. The number of thioether (sulfide) groups is 1. The van der Waals surface area contributed by atoms with Gasteiger partial charge in [0.1, 0.15) is 0 Å². The van der Waals surface area contributed by atoms with E-state index < -0.39 is 0 Å².